The average Bonchev–Trinajstić information content (AvgIpc) is 2.25. The number of carbonyl (C=O) groups excluding carboxylic acids is 2. The van der Waals surface area contributed by atoms with Gasteiger partial charge in [-0.25, -0.2) is 5.84 Å². The molecule has 1 aliphatic heterocycles. The second-order valence-corrected chi connectivity index (χ2v) is 3.45. The largest absolute Gasteiger partial charge is 0.293 e. The second-order valence-electron chi connectivity index (χ2n) is 3.45. The summed E-state index contributed by atoms with van der Waals surface area (Å²) in [6, 6.07) is -0.165. The number of hydrogen-bond donors (Lipinski definition) is 2. The lowest BCUT2D eigenvalue weighted by atomic mass is 10.0. The minimum Gasteiger partial charge on any atom is -0.293 e. The van der Waals surface area contributed by atoms with Crippen LogP contribution in [0, 0.1) is 0 Å². The van der Waals surface area contributed by atoms with E-state index >= 15 is 0 Å². The monoisotopic (exact) mass is 198 g/mol. The van der Waals surface area contributed by atoms with E-state index in [-0.39, 0.29) is 11.9 Å². The van der Waals surface area contributed by atoms with E-state index in [9.17, 15) is 9.59 Å². The lowest BCUT2D eigenvalue weighted by Crippen LogP contribution is -2.51. The third kappa shape index (κ3) is 2.78. The highest BCUT2D eigenvalue weighted by atomic mass is 16.2. The summed E-state index contributed by atoms with van der Waals surface area (Å²) in [6.07, 6.45) is 5.13. The molecule has 1 atom stereocenters. The Bertz CT molecular complexity index is 208. The van der Waals surface area contributed by atoms with Crippen LogP contribution in [-0.2, 0) is 9.59 Å². The Morgan fingerprint density at radius 2 is 2.36 bits per heavy atom. The summed E-state index contributed by atoms with van der Waals surface area (Å²) in [7, 11) is 0. The van der Waals surface area contributed by atoms with Crippen LogP contribution >= 0.6 is 0 Å². The van der Waals surface area contributed by atoms with Crippen LogP contribution in [-0.4, -0.2) is 36.2 Å². The summed E-state index contributed by atoms with van der Waals surface area (Å²) in [5.74, 6) is 4.93. The molecule has 1 amide bonds. The highest BCUT2D eigenvalue weighted by Crippen LogP contribution is 2.16. The number of piperidine rings is 1. The van der Waals surface area contributed by atoms with E-state index in [0.717, 1.165) is 25.8 Å². The number of nitrogens with two attached hydrogens (primary N) is 1. The average molecular weight is 198 g/mol. The fourth-order valence-electron chi connectivity index (χ4n) is 1.84. The van der Waals surface area contributed by atoms with Gasteiger partial charge in [0.05, 0.1) is 6.04 Å². The number of nitrogens with zero attached hydrogens (tertiary/aromatic N) is 1. The molecule has 1 aliphatic rings. The van der Waals surface area contributed by atoms with Crippen molar-refractivity contribution in [3.8, 4) is 0 Å². The Hall–Kier alpha value is -0.940. The Labute approximate surface area is 83.6 Å². The summed E-state index contributed by atoms with van der Waals surface area (Å²) < 4.78 is 0. The number of rotatable bonds is 4. The van der Waals surface area contributed by atoms with E-state index in [1.807, 2.05) is 11.2 Å². The molecule has 0 aromatic carbocycles. The van der Waals surface area contributed by atoms with Crippen molar-refractivity contribution in [2.24, 2.45) is 5.84 Å². The van der Waals surface area contributed by atoms with E-state index in [2.05, 4.69) is 5.43 Å². The first-order valence-corrected chi connectivity index (χ1v) is 4.89. The lowest BCUT2D eigenvalue weighted by molar-refractivity contribution is -0.127. The maximum absolute atomic E-state index is 11.4. The molecule has 0 bridgehead atoms. The standard InChI is InChI=1S/C9H16N3O2/c10-11-9(14)8-4-1-2-5-12(8)6-3-7-13/h8H,1-6,10H2,(H,11,14). The zero-order valence-electron chi connectivity index (χ0n) is 8.16. The molecule has 1 unspecified atom stereocenters. The van der Waals surface area contributed by atoms with Crippen LogP contribution in [0.15, 0.2) is 0 Å². The molecule has 1 saturated heterocycles. The smallest absolute Gasteiger partial charge is 0.251 e. The highest BCUT2D eigenvalue weighted by molar-refractivity contribution is 5.81. The van der Waals surface area contributed by atoms with Crippen molar-refractivity contribution in [2.75, 3.05) is 13.1 Å². The van der Waals surface area contributed by atoms with Crippen LogP contribution in [0.2, 0.25) is 0 Å². The minimum absolute atomic E-state index is 0.157. The number of amides is 1. The van der Waals surface area contributed by atoms with Gasteiger partial charge in [-0.05, 0) is 19.4 Å². The lowest BCUT2D eigenvalue weighted by Gasteiger charge is -2.33. The van der Waals surface area contributed by atoms with Crippen molar-refractivity contribution < 1.29 is 9.59 Å². The van der Waals surface area contributed by atoms with Crippen molar-refractivity contribution in [3.63, 3.8) is 0 Å². The van der Waals surface area contributed by atoms with Gasteiger partial charge in [0.15, 0.2) is 6.29 Å². The molecule has 0 aromatic rings. The molecule has 0 aliphatic carbocycles. The summed E-state index contributed by atoms with van der Waals surface area (Å²) in [5, 5.41) is 0. The topological polar surface area (TPSA) is 75.4 Å². The minimum atomic E-state index is -0.165. The van der Waals surface area contributed by atoms with Crippen molar-refractivity contribution in [1.29, 1.82) is 0 Å². The van der Waals surface area contributed by atoms with E-state index < -0.39 is 0 Å². The van der Waals surface area contributed by atoms with Crippen molar-refractivity contribution >= 4 is 12.2 Å². The quantitative estimate of drug-likeness (QED) is 0.357. The predicted octanol–water partition coefficient (Wildman–Crippen LogP) is -0.669. The maximum atomic E-state index is 11.4. The Balaban J connectivity index is 2.49. The van der Waals surface area contributed by atoms with Crippen molar-refractivity contribution in [3.05, 3.63) is 0 Å². The van der Waals surface area contributed by atoms with E-state index in [1.165, 1.54) is 0 Å². The molecule has 5 heteroatoms. The first-order valence-electron chi connectivity index (χ1n) is 4.89. The Morgan fingerprint density at radius 1 is 1.57 bits per heavy atom. The van der Waals surface area contributed by atoms with E-state index in [0.29, 0.717) is 13.0 Å². The molecule has 0 spiro atoms. The van der Waals surface area contributed by atoms with Gasteiger partial charge < -0.3 is 0 Å². The van der Waals surface area contributed by atoms with Gasteiger partial charge in [0.25, 0.3) is 5.91 Å². The third-order valence-corrected chi connectivity index (χ3v) is 2.56. The molecule has 0 saturated carbocycles. The van der Waals surface area contributed by atoms with Crippen molar-refractivity contribution in [1.82, 2.24) is 10.3 Å². The maximum Gasteiger partial charge on any atom is 0.251 e. The summed E-state index contributed by atoms with van der Waals surface area (Å²) in [5.41, 5.74) is 2.16. The van der Waals surface area contributed by atoms with Gasteiger partial charge in [-0.2, -0.15) is 0 Å². The molecule has 0 aromatic heterocycles. The molecule has 1 rings (SSSR count). The van der Waals surface area contributed by atoms with Crippen LogP contribution < -0.4 is 11.3 Å². The summed E-state index contributed by atoms with van der Waals surface area (Å²) in [6.45, 7) is 1.46. The fourth-order valence-corrected chi connectivity index (χ4v) is 1.84. The summed E-state index contributed by atoms with van der Waals surface area (Å²) >= 11 is 0. The molecule has 1 heterocycles. The van der Waals surface area contributed by atoms with Crippen LogP contribution in [0.3, 0.4) is 0 Å². The second kappa shape index (κ2) is 5.72. The Kier molecular flexibility index (Phi) is 4.55. The molecule has 79 valence electrons. The number of carbonyl (C=O) groups is 1. The molecular weight excluding hydrogens is 182 g/mol. The van der Waals surface area contributed by atoms with Gasteiger partial charge in [0.2, 0.25) is 0 Å². The summed E-state index contributed by atoms with van der Waals surface area (Å²) in [4.78, 5) is 23.5. The number of hydrogen-bond acceptors (Lipinski definition) is 4. The van der Waals surface area contributed by atoms with Gasteiger partial charge in [-0.15, -0.1) is 0 Å². The van der Waals surface area contributed by atoms with Crippen LogP contribution in [0.5, 0.6) is 0 Å². The normalized spacial score (nSPS) is 23.1. The first-order chi connectivity index (χ1) is 6.79. The molecule has 3 N–H and O–H groups in total. The van der Waals surface area contributed by atoms with Crippen LogP contribution in [0.4, 0.5) is 0 Å². The van der Waals surface area contributed by atoms with E-state index in [1.54, 1.807) is 0 Å². The molecule has 5 nitrogen and oxygen atoms in total. The Morgan fingerprint density at radius 3 is 3.00 bits per heavy atom. The molecular formula is C9H16N3O2. The zero-order chi connectivity index (χ0) is 10.4. The number of likely N-dealkylation sites (tertiary alicyclic amines) is 1. The predicted molar refractivity (Wildman–Crippen MR) is 51.9 cm³/mol. The first kappa shape index (κ1) is 11.1. The third-order valence-electron chi connectivity index (χ3n) is 2.56. The van der Waals surface area contributed by atoms with Crippen LogP contribution in [0.1, 0.15) is 25.7 Å². The molecule has 14 heavy (non-hydrogen) atoms. The van der Waals surface area contributed by atoms with Gasteiger partial charge in [-0.1, -0.05) is 6.42 Å². The van der Waals surface area contributed by atoms with Gasteiger partial charge in [-0.3, -0.25) is 19.9 Å². The number of hydrazine groups is 1. The highest BCUT2D eigenvalue weighted by Gasteiger charge is 2.27. The van der Waals surface area contributed by atoms with Gasteiger partial charge in [0.1, 0.15) is 0 Å². The molecule has 1 radical (unpaired) electrons. The molecule has 1 fully saturated rings. The van der Waals surface area contributed by atoms with Crippen molar-refractivity contribution in [2.45, 2.75) is 31.7 Å². The van der Waals surface area contributed by atoms with Gasteiger partial charge in [0, 0.05) is 13.0 Å². The zero-order valence-corrected chi connectivity index (χ0v) is 8.16. The van der Waals surface area contributed by atoms with Gasteiger partial charge >= 0.3 is 0 Å². The van der Waals surface area contributed by atoms with Crippen LogP contribution in [0.25, 0.3) is 0 Å². The SMILES string of the molecule is NNC(=O)C1CCCCN1CC[C]=O. The number of nitrogens with one attached hydrogen (secondary N) is 1. The fraction of sp³-hybridized carbons (Fsp3) is 0.778. The van der Waals surface area contributed by atoms with E-state index in [4.69, 9.17) is 5.84 Å².